The van der Waals surface area contributed by atoms with Crippen molar-refractivity contribution in [3.05, 3.63) is 60.8 Å². The van der Waals surface area contributed by atoms with Crippen molar-refractivity contribution in [3.8, 4) is 0 Å². The first-order chi connectivity index (χ1) is 37.6. The number of hydrogen-bond acceptors (Lipinski definition) is 19. The molecule has 78 heavy (non-hydrogen) atoms. The smallest absolute Gasteiger partial charge is 0.174 e. The maximum absolute atomic E-state index is 12.4. The zero-order valence-electron chi connectivity index (χ0n) is 45.3. The van der Waals surface area contributed by atoms with E-state index in [-0.39, 0.29) is 73.2 Å². The minimum atomic E-state index is -1.03. The van der Waals surface area contributed by atoms with Gasteiger partial charge in [-0.2, -0.15) is 0 Å². The Labute approximate surface area is 457 Å². The molecule has 6 N–H and O–H groups in total. The maximum Gasteiger partial charge on any atom is 0.174 e. The molecule has 0 radical (unpaired) electrons. The van der Waals surface area contributed by atoms with Gasteiger partial charge in [-0.1, -0.05) is 81.5 Å². The van der Waals surface area contributed by atoms with Gasteiger partial charge in [-0.3, -0.25) is 0 Å². The Bertz CT molecular complexity index is 2260. The number of aliphatic hydroxyl groups excluding tert-OH is 6. The van der Waals surface area contributed by atoms with Crippen molar-refractivity contribution >= 4 is 0 Å². The van der Waals surface area contributed by atoms with Crippen LogP contribution in [-0.4, -0.2) is 220 Å². The van der Waals surface area contributed by atoms with Gasteiger partial charge in [-0.25, -0.2) is 0 Å². The van der Waals surface area contributed by atoms with E-state index in [1.807, 2.05) is 50.3 Å². The van der Waals surface area contributed by atoms with Crippen LogP contribution in [0.4, 0.5) is 0 Å². The molecule has 19 heteroatoms. The minimum absolute atomic E-state index is 0.0272. The quantitative estimate of drug-likeness (QED) is 0.223. The summed E-state index contributed by atoms with van der Waals surface area (Å²) in [5, 5.41) is 65.7. The molecule has 13 rings (SSSR count). The van der Waals surface area contributed by atoms with Gasteiger partial charge in [0.15, 0.2) is 5.79 Å². The topological polar surface area (TPSA) is 241 Å². The van der Waals surface area contributed by atoms with Crippen LogP contribution < -0.4 is 0 Å². The first kappa shape index (κ1) is 55.1. The fourth-order valence-corrected chi connectivity index (χ4v) is 15.6. The van der Waals surface area contributed by atoms with Crippen LogP contribution in [0.15, 0.2) is 60.8 Å². The van der Waals surface area contributed by atoms with Gasteiger partial charge < -0.3 is 92.2 Å². The zero-order chi connectivity index (χ0) is 53.8. The normalized spacial score (nSPS) is 56.5. The number of aliphatic hydroxyl groups is 6. The average Bonchev–Trinajstić information content (AvgIpc) is 3.58. The molecule has 0 amide bonds. The Morgan fingerprint density at radius 2 is 1.18 bits per heavy atom. The van der Waals surface area contributed by atoms with Crippen molar-refractivity contribution in [3.63, 3.8) is 0 Å². The molecule has 0 aromatic carbocycles. The summed E-state index contributed by atoms with van der Waals surface area (Å²) in [6, 6.07) is 0. The first-order valence-corrected chi connectivity index (χ1v) is 29.6. The van der Waals surface area contributed by atoms with Crippen molar-refractivity contribution < 1.29 is 92.2 Å². The lowest BCUT2D eigenvalue weighted by molar-refractivity contribution is -0.339. The molecule has 0 saturated carbocycles. The number of fused-ring (bicyclic) bond motifs is 11. The summed E-state index contributed by atoms with van der Waals surface area (Å²) in [6.45, 7) is 8.02. The van der Waals surface area contributed by atoms with Crippen LogP contribution in [0.3, 0.4) is 0 Å². The van der Waals surface area contributed by atoms with Gasteiger partial charge in [-0.15, -0.1) is 0 Å². The average molecular weight is 1100 g/mol. The fourth-order valence-electron chi connectivity index (χ4n) is 15.6. The monoisotopic (exact) mass is 1100 g/mol. The molecular weight excluding hydrogens is 1010 g/mol. The lowest BCUT2D eigenvalue weighted by Gasteiger charge is -2.52. The van der Waals surface area contributed by atoms with Crippen LogP contribution in [0.2, 0.25) is 0 Å². The third-order valence-electron chi connectivity index (χ3n) is 20.3. The summed E-state index contributed by atoms with van der Waals surface area (Å²) in [5.74, 6) is -1.37. The predicted molar refractivity (Wildman–Crippen MR) is 275 cm³/mol. The van der Waals surface area contributed by atoms with E-state index in [2.05, 4.69) is 26.0 Å². The van der Waals surface area contributed by atoms with Crippen molar-refractivity contribution in [2.45, 2.75) is 275 Å². The highest BCUT2D eigenvalue weighted by Crippen LogP contribution is 2.52. The molecule has 1 spiro atoms. The van der Waals surface area contributed by atoms with Gasteiger partial charge in [0.05, 0.1) is 129 Å². The summed E-state index contributed by atoms with van der Waals surface area (Å²) < 4.78 is 88.7. The molecule has 9 fully saturated rings. The molecule has 9 saturated heterocycles. The molecule has 13 heterocycles. The SMILES string of the molecule is C[C@@H]1[C@H]2O[C@H]3C[C@H]4O[C@H]5C[C@H]6O[C@H]7C/C=C\C[C@H]8O[C@H]9C=C[C@H]%10O[C@H]%11[C@H](O)[C@H]%12O[C@@H](/C=C/[C@H](O)CO)C=CC[C@@H]%12O[C@@H]%11C[C@@H]%10O[C@@H]9C=C[C@@H]8O[C@@H]7C[C@@H](O)[C@]6(C)O[C@@H]5CCC[C@@H]4O[C@@H]3[C@@H](C)[C@H](O)[C@@H]2O[C@]2(C[C@H](O)CO2)[C@H]1C. The molecular formula is C59H84O19. The Kier molecular flexibility index (Phi) is 15.7. The second-order valence-electron chi connectivity index (χ2n) is 25.2. The summed E-state index contributed by atoms with van der Waals surface area (Å²) in [7, 11) is 0. The van der Waals surface area contributed by atoms with E-state index in [0.717, 1.165) is 19.3 Å². The van der Waals surface area contributed by atoms with Gasteiger partial charge in [0.2, 0.25) is 0 Å². The first-order valence-electron chi connectivity index (χ1n) is 29.6. The summed E-state index contributed by atoms with van der Waals surface area (Å²) >= 11 is 0. The molecule has 0 aromatic heterocycles. The van der Waals surface area contributed by atoms with Crippen molar-refractivity contribution in [1.29, 1.82) is 0 Å². The molecule has 13 aliphatic rings. The van der Waals surface area contributed by atoms with E-state index in [0.29, 0.717) is 51.4 Å². The third-order valence-corrected chi connectivity index (χ3v) is 20.3. The van der Waals surface area contributed by atoms with E-state index in [9.17, 15) is 30.6 Å². The third kappa shape index (κ3) is 10.1. The molecule has 0 aromatic rings. The van der Waals surface area contributed by atoms with E-state index < -0.39 is 134 Å². The highest BCUT2D eigenvalue weighted by molar-refractivity contribution is 5.18. The van der Waals surface area contributed by atoms with Crippen LogP contribution in [0, 0.1) is 17.8 Å². The van der Waals surface area contributed by atoms with Crippen molar-refractivity contribution in [2.24, 2.45) is 17.8 Å². The van der Waals surface area contributed by atoms with Crippen molar-refractivity contribution in [2.75, 3.05) is 13.2 Å². The molecule has 19 nitrogen and oxygen atoms in total. The lowest BCUT2D eigenvalue weighted by atomic mass is 9.76. The van der Waals surface area contributed by atoms with Gasteiger partial charge >= 0.3 is 0 Å². The molecule has 0 bridgehead atoms. The van der Waals surface area contributed by atoms with Crippen LogP contribution >= 0.6 is 0 Å². The minimum Gasteiger partial charge on any atom is -0.393 e. The Morgan fingerprint density at radius 1 is 0.538 bits per heavy atom. The van der Waals surface area contributed by atoms with Crippen LogP contribution in [0.25, 0.3) is 0 Å². The largest absolute Gasteiger partial charge is 0.393 e. The number of rotatable bonds is 3. The second kappa shape index (κ2) is 22.2. The van der Waals surface area contributed by atoms with E-state index >= 15 is 0 Å². The van der Waals surface area contributed by atoms with Gasteiger partial charge in [0.1, 0.15) is 54.4 Å². The highest BCUT2D eigenvalue weighted by Gasteiger charge is 2.62. The van der Waals surface area contributed by atoms with Crippen LogP contribution in [0.5, 0.6) is 0 Å². The summed E-state index contributed by atoms with van der Waals surface area (Å²) in [5.41, 5.74) is -1.03. The number of ether oxygens (including phenoxy) is 13. The van der Waals surface area contributed by atoms with Crippen LogP contribution in [-0.2, 0) is 61.6 Å². The molecule has 0 unspecified atom stereocenters. The summed E-state index contributed by atoms with van der Waals surface area (Å²) in [6.07, 6.45) is 11.5. The second-order valence-corrected chi connectivity index (χ2v) is 25.2. The predicted octanol–water partition coefficient (Wildman–Crippen LogP) is 2.72. The van der Waals surface area contributed by atoms with E-state index in [4.69, 9.17) is 61.6 Å². The fraction of sp³-hybridized carbons (Fsp3) is 0.831. The van der Waals surface area contributed by atoms with Gasteiger partial charge in [0.25, 0.3) is 0 Å². The van der Waals surface area contributed by atoms with Gasteiger partial charge in [-0.05, 0) is 51.4 Å². The molecule has 434 valence electrons. The standard InChI is InChI=1S/C59H84O19/c1-28-30(3)59(25-32(62)27-66-59)78-57-51(64)29(2)53-47(76-54(28)57)21-43-36(74-53)12-8-13-41-46(72-43)24-50-58(4,77-41)49(63)23-45-35(73-50)11-6-5-10-34-37(70-45)17-18-39-38(68-34)19-20-40-44(69-39)22-48-56(75-40)52(65)55-42(71-48)14-7-9-33(67-55)16-15-31(61)26-60/h5-7,9,15-20,28-57,60-65H,8,10-14,21-27H2,1-4H3/b6-5-,16-15+/t28-,29-,30-,31-,32-,33+,34+,35-,36-,37-,38-,39+,40+,41+,42-,43+,44-,45+,46-,47-,48+,49+,50+,51-,52+,53+,54+,55-,56+,57-,58-,59+/m0/s1. The number of hydrogen-bond donors (Lipinski definition) is 6. The zero-order valence-corrected chi connectivity index (χ0v) is 45.3. The maximum atomic E-state index is 12.4. The Balaban J connectivity index is 0.670. The Morgan fingerprint density at radius 3 is 1.96 bits per heavy atom. The highest BCUT2D eigenvalue weighted by atomic mass is 16.7. The lowest BCUT2D eigenvalue weighted by Crippen LogP contribution is -2.63. The van der Waals surface area contributed by atoms with E-state index in [1.165, 1.54) is 6.08 Å². The molecule has 0 aliphatic carbocycles. The Hall–Kier alpha value is -2.06. The molecule has 13 aliphatic heterocycles. The van der Waals surface area contributed by atoms with E-state index in [1.54, 1.807) is 6.08 Å². The van der Waals surface area contributed by atoms with Crippen molar-refractivity contribution in [1.82, 2.24) is 0 Å². The van der Waals surface area contributed by atoms with Crippen LogP contribution in [0.1, 0.15) is 98.3 Å². The summed E-state index contributed by atoms with van der Waals surface area (Å²) in [4.78, 5) is 0. The van der Waals surface area contributed by atoms with Gasteiger partial charge in [0, 0.05) is 43.9 Å². The molecule has 32 atom stereocenters.